The molecular formula is C16H18N2. The Labute approximate surface area is 108 Å². The molecule has 2 unspecified atom stereocenters. The third-order valence-electron chi connectivity index (χ3n) is 3.58. The Morgan fingerprint density at radius 1 is 1.17 bits per heavy atom. The lowest BCUT2D eigenvalue weighted by atomic mass is 9.99. The second kappa shape index (κ2) is 4.81. The molecule has 1 aromatic rings. The Kier molecular flexibility index (Phi) is 3.01. The molecule has 2 heteroatoms. The van der Waals surface area contributed by atoms with Gasteiger partial charge < -0.3 is 0 Å². The molecule has 2 aliphatic rings. The fourth-order valence-electron chi connectivity index (χ4n) is 2.70. The Bertz CT molecular complexity index is 499. The van der Waals surface area contributed by atoms with Crippen LogP contribution in [0.2, 0.25) is 0 Å². The molecule has 1 aromatic carbocycles. The molecule has 0 fully saturated rings. The van der Waals surface area contributed by atoms with Crippen LogP contribution in [0.4, 0.5) is 0 Å². The van der Waals surface area contributed by atoms with E-state index in [0.717, 1.165) is 12.8 Å². The molecule has 2 atom stereocenters. The molecule has 0 saturated carbocycles. The molecule has 0 radical (unpaired) electrons. The van der Waals surface area contributed by atoms with Gasteiger partial charge in [-0.15, -0.1) is 0 Å². The summed E-state index contributed by atoms with van der Waals surface area (Å²) >= 11 is 0. The molecule has 18 heavy (non-hydrogen) atoms. The van der Waals surface area contributed by atoms with Crippen molar-refractivity contribution in [2.75, 3.05) is 0 Å². The van der Waals surface area contributed by atoms with E-state index < -0.39 is 0 Å². The monoisotopic (exact) mass is 238 g/mol. The lowest BCUT2D eigenvalue weighted by Gasteiger charge is -2.30. The third-order valence-corrected chi connectivity index (χ3v) is 3.58. The Morgan fingerprint density at radius 3 is 2.72 bits per heavy atom. The van der Waals surface area contributed by atoms with Gasteiger partial charge in [-0.25, -0.2) is 0 Å². The number of hydrogen-bond acceptors (Lipinski definition) is 2. The molecule has 1 aliphatic heterocycles. The van der Waals surface area contributed by atoms with Gasteiger partial charge in [-0.1, -0.05) is 54.6 Å². The summed E-state index contributed by atoms with van der Waals surface area (Å²) in [4.78, 5) is 0. The second-order valence-corrected chi connectivity index (χ2v) is 4.96. The molecule has 1 aliphatic carbocycles. The van der Waals surface area contributed by atoms with Gasteiger partial charge in [0.15, 0.2) is 0 Å². The number of hydrogen-bond donors (Lipinski definition) is 0. The topological polar surface area (TPSA) is 15.6 Å². The van der Waals surface area contributed by atoms with Crippen molar-refractivity contribution in [3.05, 3.63) is 60.2 Å². The minimum absolute atomic E-state index is 0.396. The van der Waals surface area contributed by atoms with E-state index in [4.69, 9.17) is 5.10 Å². The first-order valence-electron chi connectivity index (χ1n) is 6.55. The van der Waals surface area contributed by atoms with Crippen molar-refractivity contribution < 1.29 is 0 Å². The maximum absolute atomic E-state index is 4.73. The van der Waals surface area contributed by atoms with E-state index in [1.165, 1.54) is 11.3 Å². The number of allylic oxidation sites excluding steroid dienone is 2. The van der Waals surface area contributed by atoms with Crippen LogP contribution in [-0.2, 0) is 0 Å². The predicted octanol–water partition coefficient (Wildman–Crippen LogP) is 3.69. The maximum Gasteiger partial charge on any atom is 0.0779 e. The van der Waals surface area contributed by atoms with Gasteiger partial charge >= 0.3 is 0 Å². The van der Waals surface area contributed by atoms with Crippen molar-refractivity contribution in [2.45, 2.75) is 31.8 Å². The molecule has 0 amide bonds. The van der Waals surface area contributed by atoms with Crippen molar-refractivity contribution in [3.8, 4) is 0 Å². The van der Waals surface area contributed by atoms with Gasteiger partial charge in [-0.05, 0) is 18.9 Å². The van der Waals surface area contributed by atoms with E-state index in [2.05, 4.69) is 66.6 Å². The lowest BCUT2D eigenvalue weighted by molar-refractivity contribution is 0.190. The molecule has 92 valence electrons. The molecule has 3 rings (SSSR count). The van der Waals surface area contributed by atoms with Gasteiger partial charge in [-0.2, -0.15) is 5.10 Å². The number of rotatable bonds is 2. The molecule has 2 nitrogen and oxygen atoms in total. The SMILES string of the molecule is CC1=NN(C2C=CC=CC2)C(c2ccccc2)C1. The summed E-state index contributed by atoms with van der Waals surface area (Å²) in [6, 6.07) is 11.5. The molecule has 0 spiro atoms. The molecular weight excluding hydrogens is 220 g/mol. The first-order valence-corrected chi connectivity index (χ1v) is 6.55. The van der Waals surface area contributed by atoms with Crippen LogP contribution in [0.25, 0.3) is 0 Å². The van der Waals surface area contributed by atoms with E-state index in [1.54, 1.807) is 0 Å². The second-order valence-electron chi connectivity index (χ2n) is 4.96. The van der Waals surface area contributed by atoms with Gasteiger partial charge in [0, 0.05) is 12.1 Å². The highest BCUT2D eigenvalue weighted by Gasteiger charge is 2.30. The van der Waals surface area contributed by atoms with Crippen molar-refractivity contribution in [2.24, 2.45) is 5.10 Å². The lowest BCUT2D eigenvalue weighted by Crippen LogP contribution is -2.30. The summed E-state index contributed by atoms with van der Waals surface area (Å²) in [5.74, 6) is 0. The van der Waals surface area contributed by atoms with Crippen LogP contribution in [0.3, 0.4) is 0 Å². The van der Waals surface area contributed by atoms with Crippen LogP contribution in [0.5, 0.6) is 0 Å². The summed E-state index contributed by atoms with van der Waals surface area (Å²) in [7, 11) is 0. The van der Waals surface area contributed by atoms with E-state index in [-0.39, 0.29) is 0 Å². The quantitative estimate of drug-likeness (QED) is 0.767. The highest BCUT2D eigenvalue weighted by molar-refractivity contribution is 5.83. The van der Waals surface area contributed by atoms with E-state index >= 15 is 0 Å². The first-order chi connectivity index (χ1) is 8.84. The molecule has 0 saturated heterocycles. The number of hydrazone groups is 1. The summed E-state index contributed by atoms with van der Waals surface area (Å²) < 4.78 is 0. The van der Waals surface area contributed by atoms with Crippen LogP contribution in [0.15, 0.2) is 59.7 Å². The minimum atomic E-state index is 0.396. The molecule has 0 aromatic heterocycles. The average Bonchev–Trinajstić information content (AvgIpc) is 2.83. The van der Waals surface area contributed by atoms with Crippen LogP contribution in [0.1, 0.15) is 31.4 Å². The van der Waals surface area contributed by atoms with Crippen LogP contribution in [0, 0.1) is 0 Å². The van der Waals surface area contributed by atoms with E-state index in [9.17, 15) is 0 Å². The Balaban J connectivity index is 1.86. The van der Waals surface area contributed by atoms with Gasteiger partial charge in [0.05, 0.1) is 12.1 Å². The molecule has 0 N–H and O–H groups in total. The van der Waals surface area contributed by atoms with Gasteiger partial charge in [0.25, 0.3) is 0 Å². The Morgan fingerprint density at radius 2 is 2.00 bits per heavy atom. The predicted molar refractivity (Wildman–Crippen MR) is 75.4 cm³/mol. The van der Waals surface area contributed by atoms with Crippen molar-refractivity contribution in [1.29, 1.82) is 0 Å². The van der Waals surface area contributed by atoms with Crippen LogP contribution >= 0.6 is 0 Å². The highest BCUT2D eigenvalue weighted by atomic mass is 15.5. The normalized spacial score (nSPS) is 26.5. The minimum Gasteiger partial charge on any atom is -0.282 e. The highest BCUT2D eigenvalue weighted by Crippen LogP contribution is 2.34. The standard InChI is InChI=1S/C16H18N2/c1-13-12-16(14-8-4-2-5-9-14)18(17-13)15-10-6-3-7-11-15/h2-10,15-16H,11-12H2,1H3. The van der Waals surface area contributed by atoms with Crippen LogP contribution in [-0.4, -0.2) is 16.8 Å². The summed E-state index contributed by atoms with van der Waals surface area (Å²) in [5, 5.41) is 7.00. The van der Waals surface area contributed by atoms with Gasteiger partial charge in [-0.3, -0.25) is 5.01 Å². The summed E-state index contributed by atoms with van der Waals surface area (Å²) in [6.07, 6.45) is 10.8. The van der Waals surface area contributed by atoms with E-state index in [0.29, 0.717) is 12.1 Å². The van der Waals surface area contributed by atoms with Crippen LogP contribution < -0.4 is 0 Å². The molecule has 0 bridgehead atoms. The first kappa shape index (κ1) is 11.3. The van der Waals surface area contributed by atoms with E-state index in [1.807, 2.05) is 0 Å². The zero-order valence-corrected chi connectivity index (χ0v) is 10.7. The average molecular weight is 238 g/mol. The van der Waals surface area contributed by atoms with Gasteiger partial charge in [0.2, 0.25) is 0 Å². The number of nitrogens with zero attached hydrogens (tertiary/aromatic N) is 2. The Hall–Kier alpha value is -1.83. The third kappa shape index (κ3) is 2.10. The van der Waals surface area contributed by atoms with Crippen molar-refractivity contribution >= 4 is 5.71 Å². The fourth-order valence-corrected chi connectivity index (χ4v) is 2.70. The van der Waals surface area contributed by atoms with Crippen molar-refractivity contribution in [3.63, 3.8) is 0 Å². The zero-order valence-electron chi connectivity index (χ0n) is 10.7. The smallest absolute Gasteiger partial charge is 0.0779 e. The maximum atomic E-state index is 4.73. The zero-order chi connectivity index (χ0) is 12.4. The van der Waals surface area contributed by atoms with Gasteiger partial charge in [0.1, 0.15) is 0 Å². The fraction of sp³-hybridized carbons (Fsp3) is 0.312. The molecule has 1 heterocycles. The summed E-state index contributed by atoms with van der Waals surface area (Å²) in [6.45, 7) is 2.12. The van der Waals surface area contributed by atoms with Crippen molar-refractivity contribution in [1.82, 2.24) is 5.01 Å². The summed E-state index contributed by atoms with van der Waals surface area (Å²) in [5.41, 5.74) is 2.59. The largest absolute Gasteiger partial charge is 0.282 e. The number of benzene rings is 1.